The van der Waals surface area contributed by atoms with Crippen LogP contribution in [0.1, 0.15) is 37.3 Å². The highest BCUT2D eigenvalue weighted by Gasteiger charge is 2.11. The van der Waals surface area contributed by atoms with Crippen LogP contribution in [-0.2, 0) is 6.54 Å². The first-order chi connectivity index (χ1) is 6.65. The third kappa shape index (κ3) is 3.01. The highest BCUT2D eigenvalue weighted by atomic mass is 32.1. The van der Waals surface area contributed by atoms with Crippen molar-refractivity contribution in [1.82, 2.24) is 14.9 Å². The van der Waals surface area contributed by atoms with Crippen molar-refractivity contribution in [3.8, 4) is 0 Å². The predicted molar refractivity (Wildman–Crippen MR) is 59.4 cm³/mol. The van der Waals surface area contributed by atoms with Crippen LogP contribution < -0.4 is 11.1 Å². The van der Waals surface area contributed by atoms with Crippen LogP contribution >= 0.6 is 11.5 Å². The van der Waals surface area contributed by atoms with Crippen LogP contribution in [0.2, 0.25) is 0 Å². The van der Waals surface area contributed by atoms with Crippen molar-refractivity contribution in [2.45, 2.75) is 39.3 Å². The zero-order valence-electron chi connectivity index (χ0n) is 8.95. The lowest BCUT2D eigenvalue weighted by molar-refractivity contribution is 0.556. The van der Waals surface area contributed by atoms with Gasteiger partial charge in [0.05, 0.1) is 10.6 Å². The Morgan fingerprint density at radius 3 is 2.71 bits per heavy atom. The summed E-state index contributed by atoms with van der Waals surface area (Å²) in [6.07, 6.45) is 0. The fourth-order valence-electron chi connectivity index (χ4n) is 1.13. The Labute approximate surface area is 89.1 Å². The van der Waals surface area contributed by atoms with Gasteiger partial charge in [0.15, 0.2) is 0 Å². The normalized spacial score (nSPS) is 13.5. The molecule has 5 heteroatoms. The van der Waals surface area contributed by atoms with Gasteiger partial charge in [-0.3, -0.25) is 0 Å². The highest BCUT2D eigenvalue weighted by Crippen LogP contribution is 2.19. The van der Waals surface area contributed by atoms with Gasteiger partial charge in [0.25, 0.3) is 0 Å². The number of rotatable bonds is 5. The molecule has 0 saturated heterocycles. The number of nitrogens with two attached hydrogens (primary N) is 1. The van der Waals surface area contributed by atoms with E-state index in [-0.39, 0.29) is 0 Å². The second-order valence-electron chi connectivity index (χ2n) is 3.75. The van der Waals surface area contributed by atoms with E-state index in [1.165, 1.54) is 16.4 Å². The standard InChI is InChI=1S/C9H18N4S/c1-6(2)9-8(14-13-12-9)5-11-7(3)4-10/h6-7,11H,4-5,10H2,1-3H3/t7-/m1/s1. The number of hydrogen-bond donors (Lipinski definition) is 2. The quantitative estimate of drug-likeness (QED) is 0.770. The first kappa shape index (κ1) is 11.6. The average molecular weight is 214 g/mol. The number of nitrogens with one attached hydrogen (secondary N) is 1. The van der Waals surface area contributed by atoms with Crippen LogP contribution in [0, 0.1) is 0 Å². The van der Waals surface area contributed by atoms with Crippen molar-refractivity contribution in [3.05, 3.63) is 10.6 Å². The molecule has 80 valence electrons. The molecule has 0 saturated carbocycles. The molecular weight excluding hydrogens is 196 g/mol. The summed E-state index contributed by atoms with van der Waals surface area (Å²) in [4.78, 5) is 1.22. The first-order valence-corrected chi connectivity index (χ1v) is 5.67. The lowest BCUT2D eigenvalue weighted by Gasteiger charge is -2.10. The fraction of sp³-hybridized carbons (Fsp3) is 0.778. The molecule has 1 atom stereocenters. The summed E-state index contributed by atoms with van der Waals surface area (Å²) in [5, 5.41) is 7.45. The first-order valence-electron chi connectivity index (χ1n) is 4.89. The van der Waals surface area contributed by atoms with Crippen molar-refractivity contribution < 1.29 is 0 Å². The van der Waals surface area contributed by atoms with Crippen molar-refractivity contribution in [2.24, 2.45) is 5.73 Å². The summed E-state index contributed by atoms with van der Waals surface area (Å²) in [6, 6.07) is 0.345. The van der Waals surface area contributed by atoms with Crippen molar-refractivity contribution in [1.29, 1.82) is 0 Å². The van der Waals surface area contributed by atoms with Crippen LogP contribution in [0.5, 0.6) is 0 Å². The van der Waals surface area contributed by atoms with E-state index >= 15 is 0 Å². The van der Waals surface area contributed by atoms with Gasteiger partial charge in [-0.1, -0.05) is 18.3 Å². The van der Waals surface area contributed by atoms with Crippen LogP contribution in [0.3, 0.4) is 0 Å². The Bertz CT molecular complexity index is 272. The molecule has 0 bridgehead atoms. The Morgan fingerprint density at radius 2 is 2.14 bits per heavy atom. The van der Waals surface area contributed by atoms with Crippen molar-refractivity contribution in [2.75, 3.05) is 6.54 Å². The summed E-state index contributed by atoms with van der Waals surface area (Å²) < 4.78 is 3.97. The smallest absolute Gasteiger partial charge is 0.0826 e. The molecule has 1 aromatic heterocycles. The summed E-state index contributed by atoms with van der Waals surface area (Å²) in [5.74, 6) is 0.443. The molecule has 0 aromatic carbocycles. The Kier molecular flexibility index (Phi) is 4.44. The minimum absolute atomic E-state index is 0.345. The maximum absolute atomic E-state index is 5.52. The van der Waals surface area contributed by atoms with Crippen LogP contribution in [0.15, 0.2) is 0 Å². The molecule has 0 aliphatic rings. The SMILES string of the molecule is CC(C)c1nnsc1CN[C@H](C)CN. The van der Waals surface area contributed by atoms with E-state index in [9.17, 15) is 0 Å². The topological polar surface area (TPSA) is 63.8 Å². The van der Waals surface area contributed by atoms with Gasteiger partial charge >= 0.3 is 0 Å². The molecule has 0 aliphatic heterocycles. The van der Waals surface area contributed by atoms with Crippen molar-refractivity contribution in [3.63, 3.8) is 0 Å². The van der Waals surface area contributed by atoms with Gasteiger partial charge in [0.1, 0.15) is 0 Å². The average Bonchev–Trinajstić information content (AvgIpc) is 2.62. The number of nitrogens with zero attached hydrogens (tertiary/aromatic N) is 2. The fourth-order valence-corrected chi connectivity index (χ4v) is 1.87. The Balaban J connectivity index is 2.54. The van der Waals surface area contributed by atoms with Gasteiger partial charge < -0.3 is 11.1 Å². The zero-order chi connectivity index (χ0) is 10.6. The molecule has 0 radical (unpaired) electrons. The van der Waals surface area contributed by atoms with Crippen molar-refractivity contribution >= 4 is 11.5 Å². The number of aromatic nitrogens is 2. The molecule has 0 amide bonds. The van der Waals surface area contributed by atoms with Crippen LogP contribution in [-0.4, -0.2) is 22.2 Å². The molecule has 0 fully saturated rings. The molecule has 0 spiro atoms. The zero-order valence-corrected chi connectivity index (χ0v) is 9.77. The molecule has 3 N–H and O–H groups in total. The van der Waals surface area contributed by atoms with E-state index in [0.717, 1.165) is 12.2 Å². The molecule has 4 nitrogen and oxygen atoms in total. The summed E-state index contributed by atoms with van der Waals surface area (Å²) in [6.45, 7) is 7.81. The molecule has 1 rings (SSSR count). The maximum Gasteiger partial charge on any atom is 0.0826 e. The van der Waals surface area contributed by atoms with Gasteiger partial charge in [0, 0.05) is 19.1 Å². The van der Waals surface area contributed by atoms with Gasteiger partial charge in [-0.05, 0) is 24.4 Å². The van der Waals surface area contributed by atoms with E-state index in [4.69, 9.17) is 5.73 Å². The van der Waals surface area contributed by atoms with Crippen LogP contribution in [0.4, 0.5) is 0 Å². The summed E-state index contributed by atoms with van der Waals surface area (Å²) in [7, 11) is 0. The number of hydrogen-bond acceptors (Lipinski definition) is 5. The molecule has 1 heterocycles. The third-order valence-corrected chi connectivity index (χ3v) is 2.83. The van der Waals surface area contributed by atoms with E-state index in [1.54, 1.807) is 0 Å². The van der Waals surface area contributed by atoms with Gasteiger partial charge in [-0.15, -0.1) is 5.10 Å². The Hall–Kier alpha value is -0.520. The van der Waals surface area contributed by atoms with E-state index < -0.39 is 0 Å². The predicted octanol–water partition coefficient (Wildman–Crippen LogP) is 1.10. The third-order valence-electron chi connectivity index (χ3n) is 2.10. The second-order valence-corrected chi connectivity index (χ2v) is 4.59. The minimum Gasteiger partial charge on any atom is -0.329 e. The van der Waals surface area contributed by atoms with Gasteiger partial charge in [-0.2, -0.15) is 0 Å². The minimum atomic E-state index is 0.345. The molecular formula is C9H18N4S. The highest BCUT2D eigenvalue weighted by molar-refractivity contribution is 7.05. The maximum atomic E-state index is 5.52. The monoisotopic (exact) mass is 214 g/mol. The molecule has 1 aromatic rings. The summed E-state index contributed by atoms with van der Waals surface area (Å²) in [5.41, 5.74) is 6.62. The van der Waals surface area contributed by atoms with Gasteiger partial charge in [-0.25, -0.2) is 0 Å². The summed E-state index contributed by atoms with van der Waals surface area (Å²) >= 11 is 1.47. The van der Waals surface area contributed by atoms with E-state index in [1.807, 2.05) is 0 Å². The van der Waals surface area contributed by atoms with Crippen LogP contribution in [0.25, 0.3) is 0 Å². The van der Waals surface area contributed by atoms with E-state index in [0.29, 0.717) is 18.5 Å². The van der Waals surface area contributed by atoms with E-state index in [2.05, 4.69) is 35.7 Å². The molecule has 14 heavy (non-hydrogen) atoms. The lowest BCUT2D eigenvalue weighted by atomic mass is 10.1. The lowest BCUT2D eigenvalue weighted by Crippen LogP contribution is -2.32. The second kappa shape index (κ2) is 5.38. The Morgan fingerprint density at radius 1 is 1.43 bits per heavy atom. The largest absolute Gasteiger partial charge is 0.329 e. The van der Waals surface area contributed by atoms with Gasteiger partial charge in [0.2, 0.25) is 0 Å². The molecule has 0 unspecified atom stereocenters. The molecule has 0 aliphatic carbocycles.